The molecule has 0 spiro atoms. The van der Waals surface area contributed by atoms with Gasteiger partial charge in [-0.3, -0.25) is 4.79 Å². The maximum Gasteiger partial charge on any atom is 0.281 e. The molecular formula is C33H29N5O3S2. The highest BCUT2D eigenvalue weighted by Crippen LogP contribution is 2.33. The van der Waals surface area contributed by atoms with Gasteiger partial charge in [-0.1, -0.05) is 68.4 Å². The topological polar surface area (TPSA) is 87.9 Å². The number of nitrogens with zero attached hydrogens (tertiary/aromatic N) is 5. The van der Waals surface area contributed by atoms with Crippen LogP contribution in [0.4, 0.5) is 5.69 Å². The maximum absolute atomic E-state index is 13.9. The fourth-order valence-corrected chi connectivity index (χ4v) is 7.21. The Balaban J connectivity index is 1.52. The van der Waals surface area contributed by atoms with E-state index in [1.807, 2.05) is 104 Å². The largest absolute Gasteiger partial charge is 0.281 e. The van der Waals surface area contributed by atoms with Crippen LogP contribution in [0.2, 0.25) is 0 Å². The molecule has 0 radical (unpaired) electrons. The van der Waals surface area contributed by atoms with Gasteiger partial charge < -0.3 is 0 Å². The zero-order valence-corrected chi connectivity index (χ0v) is 25.3. The van der Waals surface area contributed by atoms with Crippen LogP contribution >= 0.6 is 11.3 Å². The average Bonchev–Trinajstić information content (AvgIpc) is 3.79. The number of para-hydroxylation sites is 2. The number of thiophene rings is 1. The Labute approximate surface area is 254 Å². The minimum absolute atomic E-state index is 0.189. The SMILES string of the molecule is CCN(CC)S(=O)(=O)c1cccc(-c2nn(-c3ccccc3)cc2/C=C2\C(=O)N(c3ccccc3)N=C2c2cccs2)c1. The number of rotatable bonds is 9. The third-order valence-corrected chi connectivity index (χ3v) is 10.1. The summed E-state index contributed by atoms with van der Waals surface area (Å²) in [7, 11) is -3.69. The number of aromatic nitrogens is 2. The number of carbonyl (C=O) groups is 1. The summed E-state index contributed by atoms with van der Waals surface area (Å²) in [5.74, 6) is -0.258. The van der Waals surface area contributed by atoms with Crippen LogP contribution in [0, 0.1) is 0 Å². The van der Waals surface area contributed by atoms with Crippen LogP contribution in [0.3, 0.4) is 0 Å². The van der Waals surface area contributed by atoms with Crippen molar-refractivity contribution < 1.29 is 13.2 Å². The Hall–Kier alpha value is -4.64. The fourth-order valence-electron chi connectivity index (χ4n) is 4.99. The molecule has 0 unspecified atom stereocenters. The summed E-state index contributed by atoms with van der Waals surface area (Å²) in [6, 6.07) is 29.6. The summed E-state index contributed by atoms with van der Waals surface area (Å²) < 4.78 is 29.9. The number of anilines is 1. The minimum atomic E-state index is -3.69. The Morgan fingerprint density at radius 2 is 1.56 bits per heavy atom. The molecule has 0 aliphatic carbocycles. The van der Waals surface area contributed by atoms with Gasteiger partial charge in [-0.2, -0.15) is 19.5 Å². The van der Waals surface area contributed by atoms with Crippen LogP contribution < -0.4 is 5.01 Å². The van der Waals surface area contributed by atoms with Gasteiger partial charge in [-0.25, -0.2) is 13.1 Å². The smallest absolute Gasteiger partial charge is 0.267 e. The van der Waals surface area contributed by atoms with Gasteiger partial charge in [0, 0.05) is 30.4 Å². The predicted octanol–water partition coefficient (Wildman–Crippen LogP) is 6.47. The minimum Gasteiger partial charge on any atom is -0.267 e. The zero-order chi connectivity index (χ0) is 30.0. The van der Waals surface area contributed by atoms with E-state index >= 15 is 0 Å². The lowest BCUT2D eigenvalue weighted by atomic mass is 10.0. The van der Waals surface area contributed by atoms with E-state index < -0.39 is 10.0 Å². The molecular weight excluding hydrogens is 579 g/mol. The molecule has 1 amide bonds. The van der Waals surface area contributed by atoms with Crippen LogP contribution in [0.15, 0.2) is 124 Å². The normalized spacial score (nSPS) is 14.6. The molecule has 216 valence electrons. The van der Waals surface area contributed by atoms with Gasteiger partial charge in [0.25, 0.3) is 5.91 Å². The molecule has 3 heterocycles. The van der Waals surface area contributed by atoms with Crippen LogP contribution in [0.1, 0.15) is 24.3 Å². The molecule has 0 saturated heterocycles. The first-order valence-electron chi connectivity index (χ1n) is 13.9. The van der Waals surface area contributed by atoms with Crippen LogP contribution in [0.5, 0.6) is 0 Å². The highest BCUT2D eigenvalue weighted by atomic mass is 32.2. The van der Waals surface area contributed by atoms with E-state index in [4.69, 9.17) is 10.2 Å². The molecule has 6 rings (SSSR count). The van der Waals surface area contributed by atoms with Gasteiger partial charge in [-0.15, -0.1) is 11.3 Å². The third kappa shape index (κ3) is 5.48. The third-order valence-electron chi connectivity index (χ3n) is 7.15. The van der Waals surface area contributed by atoms with Gasteiger partial charge in [-0.05, 0) is 53.9 Å². The quantitative estimate of drug-likeness (QED) is 0.180. The van der Waals surface area contributed by atoms with Gasteiger partial charge >= 0.3 is 0 Å². The molecule has 3 aromatic carbocycles. The molecule has 43 heavy (non-hydrogen) atoms. The Morgan fingerprint density at radius 3 is 2.21 bits per heavy atom. The fraction of sp³-hybridized carbons (Fsp3) is 0.121. The number of carbonyl (C=O) groups excluding carboxylic acids is 1. The number of sulfonamides is 1. The number of hydrogen-bond donors (Lipinski definition) is 0. The average molecular weight is 608 g/mol. The van der Waals surface area contributed by atoms with E-state index in [0.717, 1.165) is 10.6 Å². The lowest BCUT2D eigenvalue weighted by Gasteiger charge is -2.18. The molecule has 1 aliphatic rings. The molecule has 2 aromatic heterocycles. The van der Waals surface area contributed by atoms with Gasteiger partial charge in [0.1, 0.15) is 11.4 Å². The second-order valence-electron chi connectivity index (χ2n) is 9.77. The standard InChI is InChI=1S/C33H29N5O3S2/c1-3-36(4-2)43(40,41)28-18-11-13-24(21-28)31-25(23-37(34-31)26-14-7-5-8-15-26)22-29-32(30-19-12-20-42-30)35-38(33(29)39)27-16-9-6-10-17-27/h5-23H,3-4H2,1-2H3/b29-22-. The number of benzene rings is 3. The highest BCUT2D eigenvalue weighted by Gasteiger charge is 2.33. The van der Waals surface area contributed by atoms with Crippen molar-refractivity contribution in [1.82, 2.24) is 14.1 Å². The molecule has 0 saturated carbocycles. The van der Waals surface area contributed by atoms with E-state index in [1.54, 1.807) is 29.0 Å². The monoisotopic (exact) mass is 607 g/mol. The molecule has 10 heteroatoms. The summed E-state index contributed by atoms with van der Waals surface area (Å²) >= 11 is 1.51. The van der Waals surface area contributed by atoms with Crippen LogP contribution in [-0.4, -0.2) is 47.2 Å². The summed E-state index contributed by atoms with van der Waals surface area (Å²) in [5.41, 5.74) is 4.31. The zero-order valence-electron chi connectivity index (χ0n) is 23.7. The Morgan fingerprint density at radius 1 is 0.860 bits per heavy atom. The summed E-state index contributed by atoms with van der Waals surface area (Å²) in [5, 5.41) is 13.0. The maximum atomic E-state index is 13.9. The molecule has 1 aliphatic heterocycles. The predicted molar refractivity (Wildman–Crippen MR) is 172 cm³/mol. The van der Waals surface area contributed by atoms with Crippen molar-refractivity contribution in [1.29, 1.82) is 0 Å². The molecule has 5 aromatic rings. The van der Waals surface area contributed by atoms with Gasteiger partial charge in [0.15, 0.2) is 0 Å². The molecule has 0 bridgehead atoms. The number of hydrogen-bond acceptors (Lipinski definition) is 6. The molecule has 0 fully saturated rings. The van der Waals surface area contributed by atoms with Crippen molar-refractivity contribution in [3.63, 3.8) is 0 Å². The summed E-state index contributed by atoms with van der Waals surface area (Å²) in [6.45, 7) is 4.38. The van der Waals surface area contributed by atoms with Crippen molar-refractivity contribution in [3.05, 3.63) is 125 Å². The first-order chi connectivity index (χ1) is 20.9. The molecule has 0 atom stereocenters. The van der Waals surface area contributed by atoms with Gasteiger partial charge in [0.05, 0.1) is 26.7 Å². The van der Waals surface area contributed by atoms with E-state index in [9.17, 15) is 13.2 Å². The molecule has 8 nitrogen and oxygen atoms in total. The second kappa shape index (κ2) is 11.9. The van der Waals surface area contributed by atoms with Crippen LogP contribution in [0.25, 0.3) is 23.0 Å². The Kier molecular flexibility index (Phi) is 7.90. The first kappa shape index (κ1) is 28.5. The lowest BCUT2D eigenvalue weighted by Crippen LogP contribution is -2.30. The van der Waals surface area contributed by atoms with E-state index in [-0.39, 0.29) is 10.8 Å². The van der Waals surface area contributed by atoms with Crippen molar-refractivity contribution in [2.75, 3.05) is 18.1 Å². The first-order valence-corrected chi connectivity index (χ1v) is 16.2. The summed E-state index contributed by atoms with van der Waals surface area (Å²) in [4.78, 5) is 15.0. The van der Waals surface area contributed by atoms with Crippen LogP contribution in [-0.2, 0) is 14.8 Å². The molecule has 0 N–H and O–H groups in total. The van der Waals surface area contributed by atoms with Crippen molar-refractivity contribution in [2.45, 2.75) is 18.7 Å². The van der Waals surface area contributed by atoms with E-state index in [0.29, 0.717) is 46.9 Å². The van der Waals surface area contributed by atoms with Crippen molar-refractivity contribution in [2.24, 2.45) is 5.10 Å². The lowest BCUT2D eigenvalue weighted by molar-refractivity contribution is -0.114. The van der Waals surface area contributed by atoms with Crippen molar-refractivity contribution in [3.8, 4) is 16.9 Å². The van der Waals surface area contributed by atoms with E-state index in [2.05, 4.69) is 0 Å². The van der Waals surface area contributed by atoms with Crippen molar-refractivity contribution >= 4 is 44.7 Å². The number of hydrazone groups is 1. The highest BCUT2D eigenvalue weighted by molar-refractivity contribution is 7.89. The van der Waals surface area contributed by atoms with E-state index in [1.165, 1.54) is 20.7 Å². The Bertz CT molecular complexity index is 1930. The van der Waals surface area contributed by atoms with Gasteiger partial charge in [0.2, 0.25) is 10.0 Å². The summed E-state index contributed by atoms with van der Waals surface area (Å²) in [6.07, 6.45) is 3.66. The number of amides is 1. The second-order valence-corrected chi connectivity index (χ2v) is 12.7.